The van der Waals surface area contributed by atoms with Gasteiger partial charge in [-0.25, -0.2) is 9.78 Å². The molecule has 1 aromatic carbocycles. The molecule has 0 saturated carbocycles. The van der Waals surface area contributed by atoms with Crippen LogP contribution in [-0.2, 0) is 0 Å². The summed E-state index contributed by atoms with van der Waals surface area (Å²) in [5.41, 5.74) is 9.72. The van der Waals surface area contributed by atoms with Gasteiger partial charge < -0.3 is 14.6 Å². The fourth-order valence-electron chi connectivity index (χ4n) is 2.33. The quantitative estimate of drug-likeness (QED) is 0.565. The van der Waals surface area contributed by atoms with Crippen molar-refractivity contribution in [1.82, 2.24) is 14.4 Å². The number of fused-ring (bicyclic) bond motifs is 2. The van der Waals surface area contributed by atoms with E-state index in [9.17, 15) is 4.79 Å². The smallest absolute Gasteiger partial charge is 0.408 e. The molecule has 0 atom stereocenters. The summed E-state index contributed by atoms with van der Waals surface area (Å²) >= 11 is 5.98. The first kappa shape index (κ1) is 12.0. The highest BCUT2D eigenvalue weighted by molar-refractivity contribution is 6.30. The normalized spacial score (nSPS) is 11.5. The average molecular weight is 301 g/mol. The van der Waals surface area contributed by atoms with Gasteiger partial charge in [-0.05, 0) is 18.2 Å². The van der Waals surface area contributed by atoms with Crippen molar-refractivity contribution < 1.29 is 4.42 Å². The Morgan fingerprint density at radius 1 is 1.29 bits per heavy atom. The van der Waals surface area contributed by atoms with Gasteiger partial charge in [0.15, 0.2) is 11.2 Å². The third-order valence-electron chi connectivity index (χ3n) is 3.26. The molecule has 21 heavy (non-hydrogen) atoms. The van der Waals surface area contributed by atoms with Gasteiger partial charge in [-0.3, -0.25) is 4.98 Å². The van der Waals surface area contributed by atoms with Gasteiger partial charge in [-0.1, -0.05) is 17.7 Å². The van der Waals surface area contributed by atoms with Crippen LogP contribution in [0.25, 0.3) is 28.0 Å². The SMILES string of the molecule is Nc1cc(Cl)cn2cc(-c3ccc4[nH]c(=O)oc4c3)nc12. The summed E-state index contributed by atoms with van der Waals surface area (Å²) < 4.78 is 6.82. The first-order valence-corrected chi connectivity index (χ1v) is 6.55. The maximum Gasteiger partial charge on any atom is 0.417 e. The fraction of sp³-hybridized carbons (Fsp3) is 0. The van der Waals surface area contributed by atoms with E-state index in [2.05, 4.69) is 9.97 Å². The van der Waals surface area contributed by atoms with Crippen molar-refractivity contribution in [3.63, 3.8) is 0 Å². The van der Waals surface area contributed by atoms with E-state index in [4.69, 9.17) is 21.8 Å². The summed E-state index contributed by atoms with van der Waals surface area (Å²) in [5, 5.41) is 0.538. The lowest BCUT2D eigenvalue weighted by Gasteiger charge is -1.97. The molecule has 0 aliphatic rings. The lowest BCUT2D eigenvalue weighted by Crippen LogP contribution is -1.92. The van der Waals surface area contributed by atoms with E-state index in [0.717, 1.165) is 11.3 Å². The Balaban J connectivity index is 1.94. The van der Waals surface area contributed by atoms with Crippen LogP contribution in [0.3, 0.4) is 0 Å². The number of nitrogens with zero attached hydrogens (tertiary/aromatic N) is 2. The minimum absolute atomic E-state index is 0.479. The van der Waals surface area contributed by atoms with Crippen LogP contribution in [0.5, 0.6) is 0 Å². The lowest BCUT2D eigenvalue weighted by atomic mass is 10.1. The van der Waals surface area contributed by atoms with Crippen LogP contribution in [-0.4, -0.2) is 14.4 Å². The van der Waals surface area contributed by atoms with Crippen molar-refractivity contribution in [3.8, 4) is 11.3 Å². The maximum atomic E-state index is 11.2. The van der Waals surface area contributed by atoms with Gasteiger partial charge in [0.1, 0.15) is 0 Å². The minimum atomic E-state index is -0.479. The number of pyridine rings is 1. The van der Waals surface area contributed by atoms with Gasteiger partial charge in [0, 0.05) is 18.0 Å². The molecule has 3 heterocycles. The number of oxazole rings is 1. The van der Waals surface area contributed by atoms with Crippen molar-refractivity contribution in [3.05, 3.63) is 52.2 Å². The molecule has 7 heteroatoms. The van der Waals surface area contributed by atoms with E-state index in [0.29, 0.717) is 27.5 Å². The fourth-order valence-corrected chi connectivity index (χ4v) is 2.56. The second-order valence-corrected chi connectivity index (χ2v) is 5.13. The number of nitrogens with two attached hydrogens (primary N) is 1. The molecule has 0 bridgehead atoms. The highest BCUT2D eigenvalue weighted by Crippen LogP contribution is 2.26. The number of nitrogen functional groups attached to an aromatic ring is 1. The zero-order chi connectivity index (χ0) is 14.6. The lowest BCUT2D eigenvalue weighted by molar-refractivity contribution is 0.555. The third-order valence-corrected chi connectivity index (χ3v) is 3.47. The van der Waals surface area contributed by atoms with Crippen LogP contribution in [0.4, 0.5) is 5.69 Å². The number of benzene rings is 1. The molecule has 0 saturated heterocycles. The first-order chi connectivity index (χ1) is 10.1. The van der Waals surface area contributed by atoms with Gasteiger partial charge in [0.2, 0.25) is 0 Å². The van der Waals surface area contributed by atoms with E-state index in [1.165, 1.54) is 0 Å². The molecular formula is C14H9ClN4O2. The highest BCUT2D eigenvalue weighted by atomic mass is 35.5. The topological polar surface area (TPSA) is 89.3 Å². The monoisotopic (exact) mass is 300 g/mol. The summed E-state index contributed by atoms with van der Waals surface area (Å²) in [6.07, 6.45) is 3.56. The standard InChI is InChI=1S/C14H9ClN4O2/c15-8-4-9(16)13-17-11(6-19(13)5-8)7-1-2-10-12(3-7)21-14(20)18-10/h1-6H,16H2,(H,18,20). The Labute approximate surface area is 122 Å². The minimum Gasteiger partial charge on any atom is -0.408 e. The van der Waals surface area contributed by atoms with E-state index in [1.807, 2.05) is 12.3 Å². The number of hydrogen-bond acceptors (Lipinski definition) is 4. The molecule has 0 radical (unpaired) electrons. The number of rotatable bonds is 1. The van der Waals surface area contributed by atoms with Gasteiger partial charge in [-0.2, -0.15) is 0 Å². The Bertz CT molecular complexity index is 1040. The number of halogens is 1. The largest absolute Gasteiger partial charge is 0.417 e. The molecule has 4 rings (SSSR count). The molecule has 0 unspecified atom stereocenters. The molecule has 0 aliphatic carbocycles. The number of aromatic amines is 1. The summed E-state index contributed by atoms with van der Waals surface area (Å²) in [5.74, 6) is -0.479. The van der Waals surface area contributed by atoms with Crippen LogP contribution >= 0.6 is 11.6 Å². The third kappa shape index (κ3) is 1.88. The van der Waals surface area contributed by atoms with Crippen molar-refractivity contribution >= 4 is 34.0 Å². The molecule has 6 nitrogen and oxygen atoms in total. The summed E-state index contributed by atoms with van der Waals surface area (Å²) in [7, 11) is 0. The van der Waals surface area contributed by atoms with Gasteiger partial charge in [-0.15, -0.1) is 0 Å². The second kappa shape index (κ2) is 4.13. The molecule has 3 aromatic heterocycles. The zero-order valence-electron chi connectivity index (χ0n) is 10.6. The molecular weight excluding hydrogens is 292 g/mol. The first-order valence-electron chi connectivity index (χ1n) is 6.17. The van der Waals surface area contributed by atoms with E-state index in [-0.39, 0.29) is 0 Å². The molecule has 0 fully saturated rings. The molecule has 0 amide bonds. The molecule has 0 spiro atoms. The van der Waals surface area contributed by atoms with Crippen molar-refractivity contribution in [2.24, 2.45) is 0 Å². The Morgan fingerprint density at radius 2 is 2.14 bits per heavy atom. The summed E-state index contributed by atoms with van der Waals surface area (Å²) in [4.78, 5) is 18.3. The second-order valence-electron chi connectivity index (χ2n) is 4.70. The van der Waals surface area contributed by atoms with E-state index >= 15 is 0 Å². The maximum absolute atomic E-state index is 11.2. The van der Waals surface area contributed by atoms with Crippen molar-refractivity contribution in [2.75, 3.05) is 5.73 Å². The van der Waals surface area contributed by atoms with Gasteiger partial charge >= 0.3 is 5.76 Å². The van der Waals surface area contributed by atoms with Crippen molar-refractivity contribution in [1.29, 1.82) is 0 Å². The average Bonchev–Trinajstić information content (AvgIpc) is 2.99. The van der Waals surface area contributed by atoms with Crippen LogP contribution in [0, 0.1) is 0 Å². The number of nitrogens with one attached hydrogen (secondary N) is 1. The predicted molar refractivity (Wildman–Crippen MR) is 80.4 cm³/mol. The molecule has 4 aromatic rings. The van der Waals surface area contributed by atoms with Gasteiger partial charge in [0.25, 0.3) is 0 Å². The Morgan fingerprint density at radius 3 is 3.00 bits per heavy atom. The van der Waals surface area contributed by atoms with Crippen LogP contribution < -0.4 is 11.5 Å². The van der Waals surface area contributed by atoms with Crippen LogP contribution in [0.2, 0.25) is 5.02 Å². The number of hydrogen-bond donors (Lipinski definition) is 2. The number of imidazole rings is 1. The summed E-state index contributed by atoms with van der Waals surface area (Å²) in [6.45, 7) is 0. The number of H-pyrrole nitrogens is 1. The zero-order valence-corrected chi connectivity index (χ0v) is 11.4. The molecule has 3 N–H and O–H groups in total. The van der Waals surface area contributed by atoms with Gasteiger partial charge in [0.05, 0.1) is 21.9 Å². The Hall–Kier alpha value is -2.73. The molecule has 0 aliphatic heterocycles. The van der Waals surface area contributed by atoms with Crippen molar-refractivity contribution in [2.45, 2.75) is 0 Å². The van der Waals surface area contributed by atoms with Crippen LogP contribution in [0.1, 0.15) is 0 Å². The number of anilines is 1. The Kier molecular flexibility index (Phi) is 2.37. The van der Waals surface area contributed by atoms with E-state index in [1.54, 1.807) is 28.8 Å². The van der Waals surface area contributed by atoms with E-state index < -0.39 is 5.76 Å². The van der Waals surface area contributed by atoms with Crippen LogP contribution in [0.15, 0.2) is 45.9 Å². The summed E-state index contributed by atoms with van der Waals surface area (Å²) in [6, 6.07) is 7.04. The molecule has 104 valence electrons. The highest BCUT2D eigenvalue weighted by Gasteiger charge is 2.10. The number of aromatic nitrogens is 3. The predicted octanol–water partition coefficient (Wildman–Crippen LogP) is 2.67.